The molecule has 120 valence electrons. The summed E-state index contributed by atoms with van der Waals surface area (Å²) in [6.45, 7) is 8.86. The first-order valence-electron chi connectivity index (χ1n) is 7.36. The van der Waals surface area contributed by atoms with E-state index in [1.54, 1.807) is 14.0 Å². The Balaban J connectivity index is 2.26. The van der Waals surface area contributed by atoms with Crippen molar-refractivity contribution in [2.24, 2.45) is 7.05 Å². The van der Waals surface area contributed by atoms with Gasteiger partial charge in [-0.2, -0.15) is 9.40 Å². The molecule has 0 aliphatic carbocycles. The molecule has 7 nitrogen and oxygen atoms in total. The molecule has 0 amide bonds. The number of hydrogen-bond acceptors (Lipinski definition) is 5. The first-order chi connectivity index (χ1) is 9.82. The molecule has 1 aromatic rings. The Kier molecular flexibility index (Phi) is 4.60. The van der Waals surface area contributed by atoms with Crippen LogP contribution in [0.2, 0.25) is 0 Å². The second kappa shape index (κ2) is 5.94. The predicted molar refractivity (Wildman–Crippen MR) is 82.4 cm³/mol. The summed E-state index contributed by atoms with van der Waals surface area (Å²) in [5.74, 6) is 0.0845. The number of anilines is 1. The van der Waals surface area contributed by atoms with E-state index in [2.05, 4.69) is 23.8 Å². The largest absolute Gasteiger partial charge is 0.381 e. The maximum Gasteiger partial charge on any atom is 0.248 e. The van der Waals surface area contributed by atoms with Gasteiger partial charge in [0.2, 0.25) is 10.0 Å². The van der Waals surface area contributed by atoms with Crippen molar-refractivity contribution >= 4 is 15.8 Å². The molecular weight excluding hydrogens is 290 g/mol. The summed E-state index contributed by atoms with van der Waals surface area (Å²) in [6.07, 6.45) is 0.861. The van der Waals surface area contributed by atoms with Crippen LogP contribution in [0.3, 0.4) is 0 Å². The van der Waals surface area contributed by atoms with Gasteiger partial charge in [-0.15, -0.1) is 0 Å². The van der Waals surface area contributed by atoms with Crippen molar-refractivity contribution in [2.75, 3.05) is 31.9 Å². The van der Waals surface area contributed by atoms with E-state index in [-0.39, 0.29) is 16.8 Å². The van der Waals surface area contributed by atoms with E-state index in [1.807, 2.05) is 0 Å². The molecule has 1 fully saturated rings. The van der Waals surface area contributed by atoms with Gasteiger partial charge in [-0.1, -0.05) is 13.8 Å². The van der Waals surface area contributed by atoms with E-state index < -0.39 is 10.0 Å². The van der Waals surface area contributed by atoms with Crippen LogP contribution in [-0.4, -0.2) is 59.6 Å². The van der Waals surface area contributed by atoms with Crippen molar-refractivity contribution in [3.8, 4) is 0 Å². The summed E-state index contributed by atoms with van der Waals surface area (Å²) in [5.41, 5.74) is 6.38. The van der Waals surface area contributed by atoms with Crippen LogP contribution in [0.1, 0.15) is 26.0 Å². The summed E-state index contributed by atoms with van der Waals surface area (Å²) in [5, 5.41) is 4.01. The van der Waals surface area contributed by atoms with Crippen molar-refractivity contribution in [3.05, 3.63) is 5.69 Å². The van der Waals surface area contributed by atoms with Gasteiger partial charge in [-0.05, 0) is 26.4 Å². The van der Waals surface area contributed by atoms with Gasteiger partial charge in [0.15, 0.2) is 5.82 Å². The zero-order valence-electron chi connectivity index (χ0n) is 13.2. The molecule has 1 aliphatic heterocycles. The van der Waals surface area contributed by atoms with Crippen LogP contribution in [-0.2, 0) is 17.1 Å². The minimum Gasteiger partial charge on any atom is -0.381 e. The molecule has 21 heavy (non-hydrogen) atoms. The average Bonchev–Trinajstić information content (AvgIpc) is 2.98. The Morgan fingerprint density at radius 3 is 2.48 bits per heavy atom. The van der Waals surface area contributed by atoms with Gasteiger partial charge in [0.1, 0.15) is 4.90 Å². The number of aryl methyl sites for hydroxylation is 1. The first-order valence-corrected chi connectivity index (χ1v) is 8.80. The fourth-order valence-electron chi connectivity index (χ4n) is 3.03. The lowest BCUT2D eigenvalue weighted by molar-refractivity contribution is 0.224. The SMILES string of the molecule is CCN(CC)C1CCN(S(=O)(=O)c2c(N)nn(C)c2C)C1. The monoisotopic (exact) mass is 315 g/mol. The molecule has 1 aliphatic rings. The Morgan fingerprint density at radius 2 is 2.00 bits per heavy atom. The highest BCUT2D eigenvalue weighted by Crippen LogP contribution is 2.28. The molecular formula is C13H25N5O2S. The van der Waals surface area contributed by atoms with Crippen LogP contribution in [0.15, 0.2) is 4.90 Å². The molecule has 8 heteroatoms. The minimum atomic E-state index is -3.56. The second-order valence-electron chi connectivity index (χ2n) is 5.45. The summed E-state index contributed by atoms with van der Waals surface area (Å²) >= 11 is 0. The normalized spacial score (nSPS) is 20.5. The molecule has 1 atom stereocenters. The second-order valence-corrected chi connectivity index (χ2v) is 7.32. The quantitative estimate of drug-likeness (QED) is 0.851. The number of hydrogen-bond donors (Lipinski definition) is 1. The molecule has 0 radical (unpaired) electrons. The highest BCUT2D eigenvalue weighted by molar-refractivity contribution is 7.89. The van der Waals surface area contributed by atoms with Crippen LogP contribution < -0.4 is 5.73 Å². The highest BCUT2D eigenvalue weighted by Gasteiger charge is 2.37. The van der Waals surface area contributed by atoms with E-state index in [4.69, 9.17) is 5.73 Å². The Labute approximate surface area is 126 Å². The van der Waals surface area contributed by atoms with Gasteiger partial charge in [0, 0.05) is 26.2 Å². The van der Waals surface area contributed by atoms with Gasteiger partial charge in [0.05, 0.1) is 5.69 Å². The molecule has 0 saturated carbocycles. The third-order valence-corrected chi connectivity index (χ3v) is 6.39. The van der Waals surface area contributed by atoms with Crippen LogP contribution in [0.5, 0.6) is 0 Å². The standard InChI is InChI=1S/C13H25N5O2S/c1-5-17(6-2)11-7-8-18(9-11)21(19,20)12-10(3)16(4)15-13(12)14/h11H,5-9H2,1-4H3,(H2,14,15). The highest BCUT2D eigenvalue weighted by atomic mass is 32.2. The molecule has 1 saturated heterocycles. The van der Waals surface area contributed by atoms with Crippen molar-refractivity contribution in [3.63, 3.8) is 0 Å². The number of nitrogens with two attached hydrogens (primary N) is 1. The van der Waals surface area contributed by atoms with Gasteiger partial charge in [0.25, 0.3) is 0 Å². The van der Waals surface area contributed by atoms with Crippen LogP contribution in [0.4, 0.5) is 5.82 Å². The number of likely N-dealkylation sites (N-methyl/N-ethyl adjacent to an activating group) is 1. The zero-order valence-corrected chi connectivity index (χ0v) is 14.0. The third-order valence-electron chi connectivity index (χ3n) is 4.36. The van der Waals surface area contributed by atoms with Crippen molar-refractivity contribution in [1.29, 1.82) is 0 Å². The van der Waals surface area contributed by atoms with Gasteiger partial charge < -0.3 is 5.73 Å². The summed E-state index contributed by atoms with van der Waals surface area (Å²) in [4.78, 5) is 2.46. The molecule has 0 aromatic carbocycles. The van der Waals surface area contributed by atoms with E-state index >= 15 is 0 Å². The predicted octanol–water partition coefficient (Wildman–Crippen LogP) is 0.416. The van der Waals surface area contributed by atoms with Crippen LogP contribution in [0.25, 0.3) is 0 Å². The maximum absolute atomic E-state index is 12.8. The maximum atomic E-state index is 12.8. The third kappa shape index (κ3) is 2.79. The van der Waals surface area contributed by atoms with E-state index in [0.717, 1.165) is 19.5 Å². The summed E-state index contributed by atoms with van der Waals surface area (Å²) in [7, 11) is -1.86. The average molecular weight is 315 g/mol. The van der Waals surface area contributed by atoms with Crippen molar-refractivity contribution < 1.29 is 8.42 Å². The van der Waals surface area contributed by atoms with Gasteiger partial charge >= 0.3 is 0 Å². The minimum absolute atomic E-state index is 0.0845. The number of sulfonamides is 1. The molecule has 2 heterocycles. The summed E-state index contributed by atoms with van der Waals surface area (Å²) in [6, 6.07) is 0.285. The number of rotatable bonds is 5. The Morgan fingerprint density at radius 1 is 1.38 bits per heavy atom. The molecule has 0 bridgehead atoms. The lowest BCUT2D eigenvalue weighted by Crippen LogP contribution is -2.38. The first kappa shape index (κ1) is 16.3. The Hall–Kier alpha value is -1.12. The molecule has 1 unspecified atom stereocenters. The molecule has 2 rings (SSSR count). The van der Waals surface area contributed by atoms with E-state index in [9.17, 15) is 8.42 Å². The fraction of sp³-hybridized carbons (Fsp3) is 0.769. The Bertz CT molecular complexity index is 606. The summed E-state index contributed by atoms with van der Waals surface area (Å²) < 4.78 is 28.7. The van der Waals surface area contributed by atoms with Crippen LogP contribution in [0, 0.1) is 6.92 Å². The van der Waals surface area contributed by atoms with Crippen molar-refractivity contribution in [2.45, 2.75) is 38.1 Å². The van der Waals surface area contributed by atoms with Crippen molar-refractivity contribution in [1.82, 2.24) is 19.0 Å². The van der Waals surface area contributed by atoms with Gasteiger partial charge in [-0.3, -0.25) is 9.58 Å². The fourth-order valence-corrected chi connectivity index (χ4v) is 4.81. The molecule has 0 spiro atoms. The van der Waals surface area contributed by atoms with E-state index in [1.165, 1.54) is 8.99 Å². The number of nitrogen functional groups attached to an aromatic ring is 1. The lowest BCUT2D eigenvalue weighted by Gasteiger charge is -2.26. The topological polar surface area (TPSA) is 84.5 Å². The zero-order chi connectivity index (χ0) is 15.8. The van der Waals surface area contributed by atoms with E-state index in [0.29, 0.717) is 18.8 Å². The lowest BCUT2D eigenvalue weighted by atomic mass is 10.2. The molecule has 1 aromatic heterocycles. The number of nitrogens with zero attached hydrogens (tertiary/aromatic N) is 4. The smallest absolute Gasteiger partial charge is 0.248 e. The van der Waals surface area contributed by atoms with Crippen LogP contribution >= 0.6 is 0 Å². The number of aromatic nitrogens is 2. The van der Waals surface area contributed by atoms with Gasteiger partial charge in [-0.25, -0.2) is 8.42 Å². The molecule has 2 N–H and O–H groups in total.